The third-order valence-corrected chi connectivity index (χ3v) is 5.54. The van der Waals surface area contributed by atoms with Gasteiger partial charge in [-0.2, -0.15) is 0 Å². The van der Waals surface area contributed by atoms with Crippen LogP contribution in [0.5, 0.6) is 5.75 Å². The van der Waals surface area contributed by atoms with Crippen LogP contribution in [0.4, 0.5) is 11.4 Å². The molecule has 2 aromatic carbocycles. The fourth-order valence-electron chi connectivity index (χ4n) is 3.91. The molecule has 6 heteroatoms. The second-order valence-electron chi connectivity index (χ2n) is 7.48. The standard InChI is InChI=1S/C23H26N2O4/c1-28-19-9-4-16(5-10-19)6-11-22(26)24-18-8-7-17-12-13-25(20(17)15-18)23(27)21-3-2-14-29-21/h4-5,7-10,15,21H,2-3,6,11-14H2,1H3,(H,24,26)/t21-/m1/s1. The SMILES string of the molecule is COc1ccc(CCC(=O)Nc2ccc3c(c2)N(C(=O)[C@H]2CCCO2)CC3)cc1. The highest BCUT2D eigenvalue weighted by atomic mass is 16.5. The summed E-state index contributed by atoms with van der Waals surface area (Å²) >= 11 is 0. The first-order valence-corrected chi connectivity index (χ1v) is 10.1. The number of anilines is 2. The number of carbonyl (C=O) groups excluding carboxylic acids is 2. The molecule has 4 rings (SSSR count). The Morgan fingerprint density at radius 2 is 2.03 bits per heavy atom. The van der Waals surface area contributed by atoms with Gasteiger partial charge in [-0.3, -0.25) is 9.59 Å². The van der Waals surface area contributed by atoms with Crippen molar-refractivity contribution in [2.45, 2.75) is 38.2 Å². The lowest BCUT2D eigenvalue weighted by Gasteiger charge is -2.21. The van der Waals surface area contributed by atoms with Gasteiger partial charge in [0.25, 0.3) is 5.91 Å². The summed E-state index contributed by atoms with van der Waals surface area (Å²) in [6.07, 6.45) is 3.27. The molecule has 6 nitrogen and oxygen atoms in total. The molecule has 1 saturated heterocycles. The second kappa shape index (κ2) is 8.66. The number of amides is 2. The van der Waals surface area contributed by atoms with E-state index in [1.54, 1.807) is 12.0 Å². The van der Waals surface area contributed by atoms with E-state index in [1.165, 1.54) is 0 Å². The summed E-state index contributed by atoms with van der Waals surface area (Å²) in [5.74, 6) is 0.790. The van der Waals surface area contributed by atoms with Crippen molar-refractivity contribution < 1.29 is 19.1 Å². The number of rotatable bonds is 6. The molecule has 1 atom stereocenters. The number of fused-ring (bicyclic) bond motifs is 1. The Morgan fingerprint density at radius 1 is 1.21 bits per heavy atom. The van der Waals surface area contributed by atoms with E-state index < -0.39 is 0 Å². The van der Waals surface area contributed by atoms with Crippen LogP contribution in [0.2, 0.25) is 0 Å². The molecule has 0 aromatic heterocycles. The summed E-state index contributed by atoms with van der Waals surface area (Å²) in [4.78, 5) is 27.0. The highest BCUT2D eigenvalue weighted by Crippen LogP contribution is 2.32. The molecule has 0 unspecified atom stereocenters. The summed E-state index contributed by atoms with van der Waals surface area (Å²) in [5, 5.41) is 2.96. The molecule has 2 heterocycles. The van der Waals surface area contributed by atoms with Crippen LogP contribution < -0.4 is 15.0 Å². The largest absolute Gasteiger partial charge is 0.497 e. The van der Waals surface area contributed by atoms with Crippen LogP contribution in [0.15, 0.2) is 42.5 Å². The molecule has 0 spiro atoms. The lowest BCUT2D eigenvalue weighted by molar-refractivity contribution is -0.127. The predicted molar refractivity (Wildman–Crippen MR) is 111 cm³/mol. The topological polar surface area (TPSA) is 67.9 Å². The van der Waals surface area contributed by atoms with Crippen molar-refractivity contribution in [1.82, 2.24) is 0 Å². The summed E-state index contributed by atoms with van der Waals surface area (Å²) in [7, 11) is 1.63. The van der Waals surface area contributed by atoms with Crippen LogP contribution in [0.25, 0.3) is 0 Å². The van der Waals surface area contributed by atoms with E-state index >= 15 is 0 Å². The molecule has 0 radical (unpaired) electrons. The molecule has 1 fully saturated rings. The lowest BCUT2D eigenvalue weighted by atomic mass is 10.1. The van der Waals surface area contributed by atoms with Crippen LogP contribution in [0, 0.1) is 0 Å². The molecule has 2 amide bonds. The van der Waals surface area contributed by atoms with Gasteiger partial charge in [0.2, 0.25) is 5.91 Å². The molecule has 2 aliphatic heterocycles. The van der Waals surface area contributed by atoms with Crippen molar-refractivity contribution in [1.29, 1.82) is 0 Å². The molecule has 2 aromatic rings. The second-order valence-corrected chi connectivity index (χ2v) is 7.48. The van der Waals surface area contributed by atoms with Crippen molar-refractivity contribution in [3.05, 3.63) is 53.6 Å². The summed E-state index contributed by atoms with van der Waals surface area (Å²) in [5.41, 5.74) is 3.82. The van der Waals surface area contributed by atoms with Gasteiger partial charge in [-0.15, -0.1) is 0 Å². The van der Waals surface area contributed by atoms with Gasteiger partial charge in [-0.05, 0) is 61.1 Å². The number of hydrogen-bond donors (Lipinski definition) is 1. The molecule has 152 valence electrons. The quantitative estimate of drug-likeness (QED) is 0.816. The molecular formula is C23H26N2O4. The zero-order chi connectivity index (χ0) is 20.2. The van der Waals surface area contributed by atoms with Crippen LogP contribution in [0.1, 0.15) is 30.4 Å². The lowest BCUT2D eigenvalue weighted by Crippen LogP contribution is -2.37. The van der Waals surface area contributed by atoms with E-state index in [0.717, 1.165) is 47.5 Å². The number of nitrogens with one attached hydrogen (secondary N) is 1. The Hall–Kier alpha value is -2.86. The Balaban J connectivity index is 1.37. The predicted octanol–water partition coefficient (Wildman–Crippen LogP) is 3.33. The van der Waals surface area contributed by atoms with Crippen molar-refractivity contribution >= 4 is 23.2 Å². The van der Waals surface area contributed by atoms with E-state index in [2.05, 4.69) is 5.32 Å². The first-order chi connectivity index (χ1) is 14.1. The maximum atomic E-state index is 12.8. The van der Waals surface area contributed by atoms with Gasteiger partial charge < -0.3 is 19.7 Å². The molecule has 1 N–H and O–H groups in total. The molecule has 29 heavy (non-hydrogen) atoms. The van der Waals surface area contributed by atoms with Crippen LogP contribution in [-0.4, -0.2) is 38.2 Å². The zero-order valence-electron chi connectivity index (χ0n) is 16.6. The average molecular weight is 394 g/mol. The number of aryl methyl sites for hydroxylation is 1. The average Bonchev–Trinajstić information content (AvgIpc) is 3.42. The molecule has 0 bridgehead atoms. The molecule has 2 aliphatic rings. The Kier molecular flexibility index (Phi) is 5.81. The van der Waals surface area contributed by atoms with E-state index in [9.17, 15) is 9.59 Å². The van der Waals surface area contributed by atoms with Crippen molar-refractivity contribution in [2.24, 2.45) is 0 Å². The van der Waals surface area contributed by atoms with Gasteiger partial charge in [0.15, 0.2) is 0 Å². The normalized spacial score (nSPS) is 17.8. The minimum absolute atomic E-state index is 0.0317. The minimum Gasteiger partial charge on any atom is -0.497 e. The van der Waals surface area contributed by atoms with Crippen LogP contribution in [0.3, 0.4) is 0 Å². The number of hydrogen-bond acceptors (Lipinski definition) is 4. The number of nitrogens with zero attached hydrogens (tertiary/aromatic N) is 1. The highest BCUT2D eigenvalue weighted by Gasteiger charge is 2.32. The Labute approximate surface area is 170 Å². The minimum atomic E-state index is -0.330. The molecule has 0 aliphatic carbocycles. The van der Waals surface area contributed by atoms with E-state index in [0.29, 0.717) is 26.0 Å². The van der Waals surface area contributed by atoms with Gasteiger partial charge in [-0.25, -0.2) is 0 Å². The van der Waals surface area contributed by atoms with Gasteiger partial charge >= 0.3 is 0 Å². The van der Waals surface area contributed by atoms with Crippen LogP contribution >= 0.6 is 0 Å². The van der Waals surface area contributed by atoms with Gasteiger partial charge in [0.05, 0.1) is 7.11 Å². The monoisotopic (exact) mass is 394 g/mol. The van der Waals surface area contributed by atoms with Gasteiger partial charge in [0.1, 0.15) is 11.9 Å². The third-order valence-electron chi connectivity index (χ3n) is 5.54. The van der Waals surface area contributed by atoms with Crippen molar-refractivity contribution in [3.8, 4) is 5.75 Å². The smallest absolute Gasteiger partial charge is 0.256 e. The van der Waals surface area contributed by atoms with E-state index in [-0.39, 0.29) is 17.9 Å². The summed E-state index contributed by atoms with van der Waals surface area (Å²) in [6.45, 7) is 1.32. The third kappa shape index (κ3) is 4.43. The molecular weight excluding hydrogens is 368 g/mol. The van der Waals surface area contributed by atoms with Gasteiger partial charge in [0, 0.05) is 30.9 Å². The highest BCUT2D eigenvalue weighted by molar-refractivity contribution is 6.00. The van der Waals surface area contributed by atoms with Crippen molar-refractivity contribution in [2.75, 3.05) is 30.5 Å². The van der Waals surface area contributed by atoms with Crippen LogP contribution in [-0.2, 0) is 27.2 Å². The Bertz CT molecular complexity index is 888. The van der Waals surface area contributed by atoms with E-state index in [4.69, 9.17) is 9.47 Å². The maximum absolute atomic E-state index is 12.8. The van der Waals surface area contributed by atoms with E-state index in [1.807, 2.05) is 42.5 Å². The number of methoxy groups -OCH3 is 1. The zero-order valence-corrected chi connectivity index (χ0v) is 16.6. The fourth-order valence-corrected chi connectivity index (χ4v) is 3.91. The number of benzene rings is 2. The number of ether oxygens (including phenoxy) is 2. The van der Waals surface area contributed by atoms with Gasteiger partial charge in [-0.1, -0.05) is 18.2 Å². The Morgan fingerprint density at radius 3 is 2.76 bits per heavy atom. The number of carbonyl (C=O) groups is 2. The summed E-state index contributed by atoms with van der Waals surface area (Å²) in [6, 6.07) is 13.5. The first kappa shape index (κ1) is 19.5. The first-order valence-electron chi connectivity index (χ1n) is 10.1. The fraction of sp³-hybridized carbons (Fsp3) is 0.391. The maximum Gasteiger partial charge on any atom is 0.256 e. The van der Waals surface area contributed by atoms with Crippen molar-refractivity contribution in [3.63, 3.8) is 0 Å². The summed E-state index contributed by atoms with van der Waals surface area (Å²) < 4.78 is 10.7. The molecule has 0 saturated carbocycles.